The van der Waals surface area contributed by atoms with Crippen LogP contribution in [0.4, 0.5) is 5.13 Å². The molecule has 0 spiro atoms. The number of hydrogen-bond acceptors (Lipinski definition) is 5. The predicted octanol–water partition coefficient (Wildman–Crippen LogP) is 2.76. The summed E-state index contributed by atoms with van der Waals surface area (Å²) in [6.07, 6.45) is 1.85. The standard InChI is InChI=1S/C13H17N3OS/c1-3-12-15-13(18-16-12)14-9-8-10-4-6-11(17-2)7-5-10/h4-7H,3,8-9H2,1-2H3,(H,14,15,16). The monoisotopic (exact) mass is 263 g/mol. The molecule has 0 aliphatic heterocycles. The molecule has 0 radical (unpaired) electrons. The lowest BCUT2D eigenvalue weighted by molar-refractivity contribution is 0.414. The number of rotatable bonds is 6. The molecule has 1 N–H and O–H groups in total. The van der Waals surface area contributed by atoms with Gasteiger partial charge in [-0.25, -0.2) is 4.98 Å². The second kappa shape index (κ2) is 6.35. The maximum atomic E-state index is 5.13. The van der Waals surface area contributed by atoms with Crippen molar-refractivity contribution < 1.29 is 4.74 Å². The second-order valence-electron chi connectivity index (χ2n) is 3.89. The highest BCUT2D eigenvalue weighted by molar-refractivity contribution is 7.09. The molecule has 2 rings (SSSR count). The highest BCUT2D eigenvalue weighted by Gasteiger charge is 2.01. The average molecular weight is 263 g/mol. The molecule has 1 heterocycles. The van der Waals surface area contributed by atoms with Gasteiger partial charge in [-0.15, -0.1) is 0 Å². The van der Waals surface area contributed by atoms with Crippen LogP contribution >= 0.6 is 11.5 Å². The van der Waals surface area contributed by atoms with E-state index in [1.165, 1.54) is 17.1 Å². The molecular weight excluding hydrogens is 246 g/mol. The van der Waals surface area contributed by atoms with Crippen LogP contribution in [0.3, 0.4) is 0 Å². The number of hydrogen-bond donors (Lipinski definition) is 1. The molecule has 0 fully saturated rings. The van der Waals surface area contributed by atoms with E-state index in [0.29, 0.717) is 0 Å². The Morgan fingerprint density at radius 2 is 2.06 bits per heavy atom. The van der Waals surface area contributed by atoms with Gasteiger partial charge in [0.2, 0.25) is 5.13 Å². The van der Waals surface area contributed by atoms with Crippen molar-refractivity contribution in [3.8, 4) is 5.75 Å². The SMILES string of the molecule is CCc1nsc(NCCc2ccc(OC)cc2)n1. The zero-order chi connectivity index (χ0) is 12.8. The van der Waals surface area contributed by atoms with Crippen LogP contribution < -0.4 is 10.1 Å². The molecule has 0 saturated heterocycles. The molecule has 0 amide bonds. The maximum absolute atomic E-state index is 5.13. The van der Waals surface area contributed by atoms with E-state index in [1.807, 2.05) is 12.1 Å². The number of ether oxygens (including phenoxy) is 1. The number of aromatic nitrogens is 2. The van der Waals surface area contributed by atoms with Gasteiger partial charge in [-0.3, -0.25) is 0 Å². The molecule has 5 heteroatoms. The first kappa shape index (κ1) is 12.8. The van der Waals surface area contributed by atoms with Gasteiger partial charge in [-0.2, -0.15) is 4.37 Å². The van der Waals surface area contributed by atoms with E-state index in [2.05, 4.69) is 33.7 Å². The number of methoxy groups -OCH3 is 1. The van der Waals surface area contributed by atoms with Crippen LogP contribution in [-0.2, 0) is 12.8 Å². The molecular formula is C13H17N3OS. The molecule has 0 bridgehead atoms. The zero-order valence-electron chi connectivity index (χ0n) is 10.6. The van der Waals surface area contributed by atoms with E-state index in [1.54, 1.807) is 7.11 Å². The quantitative estimate of drug-likeness (QED) is 0.870. The van der Waals surface area contributed by atoms with Gasteiger partial charge < -0.3 is 10.1 Å². The Bertz CT molecular complexity index is 481. The van der Waals surface area contributed by atoms with E-state index >= 15 is 0 Å². The van der Waals surface area contributed by atoms with Gasteiger partial charge >= 0.3 is 0 Å². The molecule has 0 aliphatic carbocycles. The number of nitrogens with one attached hydrogen (secondary N) is 1. The summed E-state index contributed by atoms with van der Waals surface area (Å²) in [6, 6.07) is 8.13. The molecule has 0 unspecified atom stereocenters. The van der Waals surface area contributed by atoms with Crippen molar-refractivity contribution in [2.45, 2.75) is 19.8 Å². The van der Waals surface area contributed by atoms with Crippen molar-refractivity contribution >= 4 is 16.7 Å². The van der Waals surface area contributed by atoms with Crippen LogP contribution in [0.2, 0.25) is 0 Å². The summed E-state index contributed by atoms with van der Waals surface area (Å²) in [5.41, 5.74) is 1.28. The van der Waals surface area contributed by atoms with E-state index < -0.39 is 0 Å². The minimum Gasteiger partial charge on any atom is -0.497 e. The van der Waals surface area contributed by atoms with Crippen molar-refractivity contribution in [1.29, 1.82) is 0 Å². The topological polar surface area (TPSA) is 47.0 Å². The van der Waals surface area contributed by atoms with Crippen LogP contribution in [0.5, 0.6) is 5.75 Å². The zero-order valence-corrected chi connectivity index (χ0v) is 11.5. The van der Waals surface area contributed by atoms with E-state index in [-0.39, 0.29) is 0 Å². The summed E-state index contributed by atoms with van der Waals surface area (Å²) in [4.78, 5) is 4.36. The lowest BCUT2D eigenvalue weighted by atomic mass is 10.1. The molecule has 1 aromatic heterocycles. The minimum absolute atomic E-state index is 0.866. The molecule has 2 aromatic rings. The predicted molar refractivity (Wildman–Crippen MR) is 74.5 cm³/mol. The van der Waals surface area contributed by atoms with Crippen LogP contribution in [0.15, 0.2) is 24.3 Å². The van der Waals surface area contributed by atoms with Crippen molar-refractivity contribution in [2.24, 2.45) is 0 Å². The lowest BCUT2D eigenvalue weighted by Gasteiger charge is -2.04. The molecule has 18 heavy (non-hydrogen) atoms. The Morgan fingerprint density at radius 1 is 1.28 bits per heavy atom. The molecule has 0 aliphatic rings. The van der Waals surface area contributed by atoms with E-state index in [4.69, 9.17) is 4.74 Å². The first-order chi connectivity index (χ1) is 8.81. The summed E-state index contributed by atoms with van der Waals surface area (Å²) >= 11 is 1.42. The Morgan fingerprint density at radius 3 is 2.67 bits per heavy atom. The Labute approximate surface area is 111 Å². The first-order valence-electron chi connectivity index (χ1n) is 6.01. The first-order valence-corrected chi connectivity index (χ1v) is 6.78. The number of nitrogens with zero attached hydrogens (tertiary/aromatic N) is 2. The third kappa shape index (κ3) is 3.43. The van der Waals surface area contributed by atoms with Crippen LogP contribution in [0.1, 0.15) is 18.3 Å². The fourth-order valence-corrected chi connectivity index (χ4v) is 2.25. The third-order valence-electron chi connectivity index (χ3n) is 2.63. The maximum Gasteiger partial charge on any atom is 0.202 e. The minimum atomic E-state index is 0.866. The molecule has 96 valence electrons. The van der Waals surface area contributed by atoms with Gasteiger partial charge in [0.05, 0.1) is 7.11 Å². The van der Waals surface area contributed by atoms with Gasteiger partial charge in [0.15, 0.2) is 0 Å². The van der Waals surface area contributed by atoms with Crippen molar-refractivity contribution in [3.63, 3.8) is 0 Å². The van der Waals surface area contributed by atoms with E-state index in [9.17, 15) is 0 Å². The van der Waals surface area contributed by atoms with E-state index in [0.717, 1.165) is 36.1 Å². The van der Waals surface area contributed by atoms with Gasteiger partial charge in [0.25, 0.3) is 0 Å². The summed E-state index contributed by atoms with van der Waals surface area (Å²) in [5.74, 6) is 1.80. The lowest BCUT2D eigenvalue weighted by Crippen LogP contribution is -2.04. The van der Waals surface area contributed by atoms with Crippen LogP contribution in [0, 0.1) is 0 Å². The molecule has 4 nitrogen and oxygen atoms in total. The largest absolute Gasteiger partial charge is 0.497 e. The Kier molecular flexibility index (Phi) is 4.52. The molecule has 0 atom stereocenters. The number of benzene rings is 1. The van der Waals surface area contributed by atoms with Crippen LogP contribution in [0.25, 0.3) is 0 Å². The second-order valence-corrected chi connectivity index (χ2v) is 4.65. The summed E-state index contributed by atoms with van der Waals surface area (Å²) in [6.45, 7) is 2.92. The van der Waals surface area contributed by atoms with Crippen LogP contribution in [-0.4, -0.2) is 23.0 Å². The van der Waals surface area contributed by atoms with Gasteiger partial charge in [-0.1, -0.05) is 19.1 Å². The number of aryl methyl sites for hydroxylation is 1. The van der Waals surface area contributed by atoms with Gasteiger partial charge in [0, 0.05) is 24.5 Å². The van der Waals surface area contributed by atoms with Crippen molar-refractivity contribution in [2.75, 3.05) is 19.0 Å². The van der Waals surface area contributed by atoms with Gasteiger partial charge in [-0.05, 0) is 24.1 Å². The van der Waals surface area contributed by atoms with Gasteiger partial charge in [0.1, 0.15) is 11.6 Å². The fourth-order valence-electron chi connectivity index (χ4n) is 1.58. The van der Waals surface area contributed by atoms with Crippen molar-refractivity contribution in [1.82, 2.24) is 9.36 Å². The molecule has 0 saturated carbocycles. The molecule has 1 aromatic carbocycles. The summed E-state index contributed by atoms with van der Waals surface area (Å²) < 4.78 is 9.36. The number of anilines is 1. The highest BCUT2D eigenvalue weighted by atomic mass is 32.1. The fraction of sp³-hybridized carbons (Fsp3) is 0.385. The third-order valence-corrected chi connectivity index (χ3v) is 3.34. The smallest absolute Gasteiger partial charge is 0.202 e. The normalized spacial score (nSPS) is 10.3. The summed E-state index contributed by atoms with van der Waals surface area (Å²) in [7, 11) is 1.68. The average Bonchev–Trinajstić information content (AvgIpc) is 2.87. The highest BCUT2D eigenvalue weighted by Crippen LogP contribution is 2.13. The van der Waals surface area contributed by atoms with Crippen molar-refractivity contribution in [3.05, 3.63) is 35.7 Å². The summed E-state index contributed by atoms with van der Waals surface area (Å²) in [5, 5.41) is 4.19. The Hall–Kier alpha value is -1.62. The Balaban J connectivity index is 1.80.